The van der Waals surface area contributed by atoms with Gasteiger partial charge in [-0.15, -0.1) is 0 Å². The highest BCUT2D eigenvalue weighted by molar-refractivity contribution is 5.83. The van der Waals surface area contributed by atoms with E-state index in [0.29, 0.717) is 0 Å². The summed E-state index contributed by atoms with van der Waals surface area (Å²) in [5.74, 6) is 0. The lowest BCUT2D eigenvalue weighted by molar-refractivity contribution is 0.835. The maximum absolute atomic E-state index is 3.28. The highest BCUT2D eigenvalue weighted by Gasteiger charge is 2.05. The van der Waals surface area contributed by atoms with E-state index in [1.165, 1.54) is 32.9 Å². The van der Waals surface area contributed by atoms with Crippen molar-refractivity contribution in [1.29, 1.82) is 0 Å². The highest BCUT2D eigenvalue weighted by atomic mass is 15.0. The van der Waals surface area contributed by atoms with Crippen molar-refractivity contribution in [3.05, 3.63) is 72.1 Å². The minimum Gasteiger partial charge on any atom is -0.361 e. The first-order valence-corrected chi connectivity index (χ1v) is 6.92. The van der Waals surface area contributed by atoms with E-state index in [1.54, 1.807) is 0 Å². The molecular weight excluding hydrogens is 244 g/mol. The number of nitrogens with one attached hydrogen (secondary N) is 1. The number of H-pyrrole nitrogens is 1. The molecule has 20 heavy (non-hydrogen) atoms. The number of hydrogen-bond donors (Lipinski definition) is 1. The van der Waals surface area contributed by atoms with Gasteiger partial charge in [-0.05, 0) is 47.0 Å². The van der Waals surface area contributed by atoms with Gasteiger partial charge in [-0.25, -0.2) is 0 Å². The molecule has 2 heteroatoms. The third-order valence-electron chi connectivity index (χ3n) is 3.96. The Morgan fingerprint density at radius 2 is 1.95 bits per heavy atom. The second-order valence-electron chi connectivity index (χ2n) is 5.36. The van der Waals surface area contributed by atoms with Gasteiger partial charge in [-0.1, -0.05) is 30.3 Å². The van der Waals surface area contributed by atoms with Gasteiger partial charge in [-0.3, -0.25) is 0 Å². The first-order valence-electron chi connectivity index (χ1n) is 6.92. The topological polar surface area (TPSA) is 20.7 Å². The number of rotatable bonds is 2. The van der Waals surface area contributed by atoms with Crippen LogP contribution < -0.4 is 0 Å². The summed E-state index contributed by atoms with van der Waals surface area (Å²) in [6, 6.07) is 17.4. The molecule has 0 spiro atoms. The molecule has 2 aromatic carbocycles. The number of aromatic nitrogens is 2. The molecule has 0 saturated heterocycles. The molecule has 4 rings (SSSR count). The minimum absolute atomic E-state index is 0.906. The van der Waals surface area contributed by atoms with E-state index in [4.69, 9.17) is 0 Å². The lowest BCUT2D eigenvalue weighted by atomic mass is 10.1. The molecule has 0 aliphatic carbocycles. The van der Waals surface area contributed by atoms with Crippen LogP contribution in [0, 0.1) is 6.92 Å². The second kappa shape index (κ2) is 4.27. The number of fused-ring (bicyclic) bond motifs is 2. The Morgan fingerprint density at radius 3 is 2.90 bits per heavy atom. The molecule has 0 unspecified atom stereocenters. The van der Waals surface area contributed by atoms with Crippen molar-refractivity contribution >= 4 is 21.8 Å². The van der Waals surface area contributed by atoms with Gasteiger partial charge in [0.25, 0.3) is 0 Å². The monoisotopic (exact) mass is 260 g/mol. The second-order valence-corrected chi connectivity index (χ2v) is 5.36. The van der Waals surface area contributed by atoms with E-state index < -0.39 is 0 Å². The summed E-state index contributed by atoms with van der Waals surface area (Å²) in [6.45, 7) is 3.08. The summed E-state index contributed by atoms with van der Waals surface area (Å²) < 4.78 is 2.33. The summed E-state index contributed by atoms with van der Waals surface area (Å²) in [7, 11) is 0. The van der Waals surface area contributed by atoms with Crippen LogP contribution in [-0.4, -0.2) is 9.55 Å². The molecule has 0 aliphatic heterocycles. The largest absolute Gasteiger partial charge is 0.361 e. The van der Waals surface area contributed by atoms with Crippen LogP contribution in [0.3, 0.4) is 0 Å². The van der Waals surface area contributed by atoms with E-state index >= 15 is 0 Å². The van der Waals surface area contributed by atoms with Crippen LogP contribution in [0.4, 0.5) is 0 Å². The van der Waals surface area contributed by atoms with Crippen LogP contribution >= 0.6 is 0 Å². The van der Waals surface area contributed by atoms with E-state index in [0.717, 1.165) is 6.54 Å². The maximum atomic E-state index is 3.28. The van der Waals surface area contributed by atoms with E-state index in [1.807, 2.05) is 6.20 Å². The Kier molecular flexibility index (Phi) is 2.43. The van der Waals surface area contributed by atoms with Gasteiger partial charge in [-0.2, -0.15) is 0 Å². The number of aryl methyl sites for hydroxylation is 1. The Morgan fingerprint density at radius 1 is 1.00 bits per heavy atom. The third kappa shape index (κ3) is 1.73. The third-order valence-corrected chi connectivity index (χ3v) is 3.96. The quantitative estimate of drug-likeness (QED) is 0.548. The molecule has 0 bridgehead atoms. The molecule has 2 nitrogen and oxygen atoms in total. The maximum Gasteiger partial charge on any atom is 0.0513 e. The predicted octanol–water partition coefficient (Wildman–Crippen LogP) is 4.48. The van der Waals surface area contributed by atoms with E-state index in [9.17, 15) is 0 Å². The first-order chi connectivity index (χ1) is 9.81. The fourth-order valence-electron chi connectivity index (χ4n) is 2.98. The number of hydrogen-bond acceptors (Lipinski definition) is 0. The van der Waals surface area contributed by atoms with Crippen LogP contribution in [0.1, 0.15) is 11.1 Å². The summed E-state index contributed by atoms with van der Waals surface area (Å²) in [5, 5.41) is 2.58. The Labute approximate surface area is 117 Å². The van der Waals surface area contributed by atoms with Crippen molar-refractivity contribution < 1.29 is 0 Å². The summed E-state index contributed by atoms with van der Waals surface area (Å²) in [4.78, 5) is 3.28. The van der Waals surface area contributed by atoms with Gasteiger partial charge < -0.3 is 9.55 Å². The van der Waals surface area contributed by atoms with Crippen molar-refractivity contribution in [3.63, 3.8) is 0 Å². The van der Waals surface area contributed by atoms with Crippen LogP contribution in [0.2, 0.25) is 0 Å². The standard InChI is InChI=1S/C18H16N2/c1-13-3-2-4-16-8-10-20(18(13)16)12-14-5-6-15-7-9-19-17(15)11-14/h2-11,19H,12H2,1H3. The molecule has 0 atom stereocenters. The van der Waals surface area contributed by atoms with Crippen molar-refractivity contribution in [3.8, 4) is 0 Å². The summed E-state index contributed by atoms with van der Waals surface area (Å²) >= 11 is 0. The van der Waals surface area contributed by atoms with Gasteiger partial charge in [0.05, 0.1) is 5.52 Å². The van der Waals surface area contributed by atoms with Crippen LogP contribution in [0.25, 0.3) is 21.8 Å². The molecule has 2 aromatic heterocycles. The Bertz CT molecular complexity index is 896. The average Bonchev–Trinajstić information content (AvgIpc) is 3.06. The lowest BCUT2D eigenvalue weighted by Gasteiger charge is -2.08. The molecule has 4 aromatic rings. The fourth-order valence-corrected chi connectivity index (χ4v) is 2.98. The molecule has 98 valence electrons. The first kappa shape index (κ1) is 11.4. The SMILES string of the molecule is Cc1cccc2ccn(Cc3ccc4cc[nH]c4c3)c12. The molecule has 0 amide bonds. The van der Waals surface area contributed by atoms with Crippen LogP contribution in [0.5, 0.6) is 0 Å². The van der Waals surface area contributed by atoms with Gasteiger partial charge in [0, 0.05) is 24.5 Å². The van der Waals surface area contributed by atoms with Gasteiger partial charge in [0.2, 0.25) is 0 Å². The molecular formula is C18H16N2. The van der Waals surface area contributed by atoms with Crippen molar-refractivity contribution in [1.82, 2.24) is 9.55 Å². The zero-order valence-electron chi connectivity index (χ0n) is 11.4. The highest BCUT2D eigenvalue weighted by Crippen LogP contribution is 2.22. The fraction of sp³-hybridized carbons (Fsp3) is 0.111. The number of aromatic amines is 1. The Balaban J connectivity index is 1.80. The van der Waals surface area contributed by atoms with Crippen molar-refractivity contribution in [2.24, 2.45) is 0 Å². The van der Waals surface area contributed by atoms with E-state index in [2.05, 4.69) is 71.2 Å². The Hall–Kier alpha value is -2.48. The number of benzene rings is 2. The molecule has 0 fully saturated rings. The zero-order chi connectivity index (χ0) is 13.5. The summed E-state index contributed by atoms with van der Waals surface area (Å²) in [5.41, 5.74) is 5.18. The molecule has 2 heterocycles. The lowest BCUT2D eigenvalue weighted by Crippen LogP contribution is -1.98. The smallest absolute Gasteiger partial charge is 0.0513 e. The van der Waals surface area contributed by atoms with E-state index in [-0.39, 0.29) is 0 Å². The van der Waals surface area contributed by atoms with Crippen molar-refractivity contribution in [2.75, 3.05) is 0 Å². The number of nitrogens with zero attached hydrogens (tertiary/aromatic N) is 1. The summed E-state index contributed by atoms with van der Waals surface area (Å²) in [6.07, 6.45) is 4.17. The van der Waals surface area contributed by atoms with Gasteiger partial charge in [0.1, 0.15) is 0 Å². The van der Waals surface area contributed by atoms with Crippen LogP contribution in [0.15, 0.2) is 60.9 Å². The van der Waals surface area contributed by atoms with Gasteiger partial charge >= 0.3 is 0 Å². The average molecular weight is 260 g/mol. The number of para-hydroxylation sites is 1. The molecule has 0 radical (unpaired) electrons. The minimum atomic E-state index is 0.906. The molecule has 1 N–H and O–H groups in total. The van der Waals surface area contributed by atoms with Gasteiger partial charge in [0.15, 0.2) is 0 Å². The normalized spacial score (nSPS) is 11.4. The van der Waals surface area contributed by atoms with Crippen molar-refractivity contribution in [2.45, 2.75) is 13.5 Å². The molecule has 0 aliphatic rings. The molecule has 0 saturated carbocycles. The zero-order valence-corrected chi connectivity index (χ0v) is 11.4. The predicted molar refractivity (Wildman–Crippen MR) is 84.1 cm³/mol. The van der Waals surface area contributed by atoms with Crippen LogP contribution in [-0.2, 0) is 6.54 Å².